The molecule has 13 heavy (non-hydrogen) atoms. The SMILES string of the molecule is COP(=O)(CC1CNCC[N]1)OC. The smallest absolute Gasteiger partial charge is 0.314 e. The van der Waals surface area contributed by atoms with E-state index in [4.69, 9.17) is 9.05 Å². The second-order valence-electron chi connectivity index (χ2n) is 2.92. The Morgan fingerprint density at radius 1 is 1.54 bits per heavy atom. The molecule has 1 unspecified atom stereocenters. The Bertz CT molecular complexity index is 186. The van der Waals surface area contributed by atoms with Gasteiger partial charge in [-0.05, 0) is 0 Å². The van der Waals surface area contributed by atoms with E-state index in [1.54, 1.807) is 0 Å². The summed E-state index contributed by atoms with van der Waals surface area (Å²) in [6.07, 6.45) is 0.368. The highest BCUT2D eigenvalue weighted by Crippen LogP contribution is 2.46. The molecule has 1 saturated heterocycles. The molecule has 0 aliphatic carbocycles. The molecule has 1 rings (SSSR count). The summed E-state index contributed by atoms with van der Waals surface area (Å²) in [5.74, 6) is 0. The number of rotatable bonds is 4. The van der Waals surface area contributed by atoms with Crippen molar-refractivity contribution < 1.29 is 13.6 Å². The van der Waals surface area contributed by atoms with Crippen molar-refractivity contribution in [2.75, 3.05) is 40.0 Å². The van der Waals surface area contributed by atoms with Gasteiger partial charge in [-0.25, -0.2) is 5.32 Å². The molecule has 6 heteroatoms. The molecule has 0 aromatic rings. The quantitative estimate of drug-likeness (QED) is 0.661. The van der Waals surface area contributed by atoms with Crippen molar-refractivity contribution in [3.8, 4) is 0 Å². The third-order valence-corrected chi connectivity index (χ3v) is 4.03. The molecule has 77 valence electrons. The number of hydrogen-bond donors (Lipinski definition) is 1. The van der Waals surface area contributed by atoms with E-state index >= 15 is 0 Å². The van der Waals surface area contributed by atoms with Crippen molar-refractivity contribution >= 4 is 7.60 Å². The second-order valence-corrected chi connectivity index (χ2v) is 5.24. The molecule has 0 aromatic carbocycles. The van der Waals surface area contributed by atoms with E-state index in [9.17, 15) is 4.57 Å². The fourth-order valence-corrected chi connectivity index (χ4v) is 2.47. The molecule has 5 nitrogen and oxygen atoms in total. The number of piperazine rings is 1. The van der Waals surface area contributed by atoms with Gasteiger partial charge in [-0.2, -0.15) is 0 Å². The molecule has 0 saturated carbocycles. The van der Waals surface area contributed by atoms with Crippen LogP contribution in [0, 0.1) is 0 Å². The van der Waals surface area contributed by atoms with Crippen molar-refractivity contribution in [3.63, 3.8) is 0 Å². The van der Waals surface area contributed by atoms with Gasteiger partial charge in [-0.3, -0.25) is 4.57 Å². The lowest BCUT2D eigenvalue weighted by molar-refractivity contribution is 0.268. The summed E-state index contributed by atoms with van der Waals surface area (Å²) in [5, 5.41) is 7.50. The van der Waals surface area contributed by atoms with Crippen molar-refractivity contribution in [2.45, 2.75) is 6.04 Å². The first-order chi connectivity index (χ1) is 6.20. The molecule has 1 fully saturated rings. The van der Waals surface area contributed by atoms with Crippen LogP contribution in [0.4, 0.5) is 0 Å². The maximum absolute atomic E-state index is 11.7. The van der Waals surface area contributed by atoms with Crippen molar-refractivity contribution in [1.82, 2.24) is 10.6 Å². The molecule has 1 N–H and O–H groups in total. The van der Waals surface area contributed by atoms with Crippen LogP contribution in [0.2, 0.25) is 0 Å². The minimum atomic E-state index is -2.88. The van der Waals surface area contributed by atoms with Crippen molar-refractivity contribution in [3.05, 3.63) is 0 Å². The van der Waals surface area contributed by atoms with Gasteiger partial charge in [0.1, 0.15) is 0 Å². The molecular weight excluding hydrogens is 191 g/mol. The Morgan fingerprint density at radius 2 is 2.23 bits per heavy atom. The molecule has 0 spiro atoms. The van der Waals surface area contributed by atoms with Crippen LogP contribution in [0.15, 0.2) is 0 Å². The normalized spacial score (nSPS) is 24.6. The first-order valence-electron chi connectivity index (χ1n) is 4.28. The van der Waals surface area contributed by atoms with E-state index in [1.807, 2.05) is 0 Å². The maximum Gasteiger partial charge on any atom is 0.331 e. The van der Waals surface area contributed by atoms with Gasteiger partial charge in [0.25, 0.3) is 0 Å². The zero-order valence-corrected chi connectivity index (χ0v) is 8.92. The predicted octanol–water partition coefficient (Wildman–Crippen LogP) is 0.0485. The molecule has 1 heterocycles. The monoisotopic (exact) mass is 207 g/mol. The summed E-state index contributed by atoms with van der Waals surface area (Å²) in [5.41, 5.74) is 0. The Morgan fingerprint density at radius 3 is 2.69 bits per heavy atom. The molecule has 1 atom stereocenters. The molecule has 0 amide bonds. The van der Waals surface area contributed by atoms with E-state index in [0.717, 1.165) is 19.6 Å². The van der Waals surface area contributed by atoms with Gasteiger partial charge >= 0.3 is 7.60 Å². The Hall–Kier alpha value is 0.0700. The second kappa shape index (κ2) is 5.08. The van der Waals surface area contributed by atoms with Crippen LogP contribution in [-0.4, -0.2) is 46.1 Å². The van der Waals surface area contributed by atoms with Gasteiger partial charge in [-0.15, -0.1) is 0 Å². The Kier molecular flexibility index (Phi) is 4.35. The average Bonchev–Trinajstić information content (AvgIpc) is 2.19. The van der Waals surface area contributed by atoms with E-state index in [1.165, 1.54) is 14.2 Å². The standard InChI is InChI=1S/C7H16N2O3P/c1-11-13(10,12-2)6-7-5-8-3-4-9-7/h7-8H,3-6H2,1-2H3. The van der Waals surface area contributed by atoms with Gasteiger partial charge in [0.15, 0.2) is 0 Å². The molecule has 1 aliphatic heterocycles. The predicted molar refractivity (Wildman–Crippen MR) is 50.2 cm³/mol. The van der Waals surface area contributed by atoms with E-state index in [2.05, 4.69) is 10.6 Å². The third-order valence-electron chi connectivity index (χ3n) is 2.05. The topological polar surface area (TPSA) is 61.7 Å². The van der Waals surface area contributed by atoms with Gasteiger partial charge in [-0.1, -0.05) is 0 Å². The summed E-state index contributed by atoms with van der Waals surface area (Å²) in [7, 11) is -0.0768. The summed E-state index contributed by atoms with van der Waals surface area (Å²) in [4.78, 5) is 0. The number of hydrogen-bond acceptors (Lipinski definition) is 4. The van der Waals surface area contributed by atoms with E-state index in [-0.39, 0.29) is 6.04 Å². The third kappa shape index (κ3) is 3.37. The fourth-order valence-electron chi connectivity index (χ4n) is 1.26. The lowest BCUT2D eigenvalue weighted by Gasteiger charge is -2.25. The largest absolute Gasteiger partial charge is 0.331 e. The van der Waals surface area contributed by atoms with Crippen LogP contribution in [0.25, 0.3) is 0 Å². The number of nitrogens with one attached hydrogen (secondary N) is 1. The van der Waals surface area contributed by atoms with Crippen LogP contribution < -0.4 is 10.6 Å². The number of nitrogens with zero attached hydrogens (tertiary/aromatic N) is 1. The summed E-state index contributed by atoms with van der Waals surface area (Å²) in [6, 6.07) is 0.0551. The van der Waals surface area contributed by atoms with E-state index in [0.29, 0.717) is 6.16 Å². The van der Waals surface area contributed by atoms with Crippen molar-refractivity contribution in [1.29, 1.82) is 0 Å². The molecule has 0 aromatic heterocycles. The highest BCUT2D eigenvalue weighted by molar-refractivity contribution is 7.53. The maximum atomic E-state index is 11.7. The Labute approximate surface area is 78.7 Å². The van der Waals surface area contributed by atoms with Crippen LogP contribution >= 0.6 is 7.60 Å². The molecular formula is C7H16N2O3P. The zero-order valence-electron chi connectivity index (χ0n) is 8.02. The fraction of sp³-hybridized carbons (Fsp3) is 1.00. The first kappa shape index (κ1) is 11.1. The molecule has 1 aliphatic rings. The lowest BCUT2D eigenvalue weighted by atomic mass is 10.3. The van der Waals surface area contributed by atoms with Gasteiger partial charge in [0, 0.05) is 39.9 Å². The van der Waals surface area contributed by atoms with Crippen LogP contribution in [0.5, 0.6) is 0 Å². The van der Waals surface area contributed by atoms with Crippen LogP contribution in [-0.2, 0) is 13.6 Å². The van der Waals surface area contributed by atoms with Crippen LogP contribution in [0.3, 0.4) is 0 Å². The van der Waals surface area contributed by atoms with Crippen molar-refractivity contribution in [2.24, 2.45) is 0 Å². The lowest BCUT2D eigenvalue weighted by Crippen LogP contribution is -2.45. The first-order valence-corrected chi connectivity index (χ1v) is 6.01. The highest BCUT2D eigenvalue weighted by Gasteiger charge is 2.27. The minimum Gasteiger partial charge on any atom is -0.314 e. The zero-order chi connectivity index (χ0) is 9.73. The van der Waals surface area contributed by atoms with Crippen LogP contribution in [0.1, 0.15) is 0 Å². The average molecular weight is 207 g/mol. The highest BCUT2D eigenvalue weighted by atomic mass is 31.2. The molecule has 0 bridgehead atoms. The Balaban J connectivity index is 2.40. The van der Waals surface area contributed by atoms with Gasteiger partial charge in [0.2, 0.25) is 0 Å². The summed E-state index contributed by atoms with van der Waals surface area (Å²) < 4.78 is 21.4. The van der Waals surface area contributed by atoms with Gasteiger partial charge in [0.05, 0.1) is 6.16 Å². The summed E-state index contributed by atoms with van der Waals surface area (Å²) >= 11 is 0. The summed E-state index contributed by atoms with van der Waals surface area (Å²) in [6.45, 7) is 2.44. The molecule has 1 radical (unpaired) electrons. The minimum absolute atomic E-state index is 0.0551. The van der Waals surface area contributed by atoms with Gasteiger partial charge < -0.3 is 14.4 Å². The van der Waals surface area contributed by atoms with E-state index < -0.39 is 7.60 Å².